The Morgan fingerprint density at radius 3 is 2.65 bits per heavy atom. The van der Waals surface area contributed by atoms with E-state index in [2.05, 4.69) is 37.2 Å². The zero-order valence-electron chi connectivity index (χ0n) is 11.5. The predicted molar refractivity (Wildman–Crippen MR) is 87.7 cm³/mol. The van der Waals surface area contributed by atoms with Gasteiger partial charge in [0.25, 0.3) is 5.91 Å². The average molecular weight is 405 g/mol. The van der Waals surface area contributed by atoms with Crippen LogP contribution in [0.15, 0.2) is 22.7 Å². The molecule has 0 unspecified atom stereocenters. The maximum Gasteiger partial charge on any atom is 0.251 e. The maximum atomic E-state index is 12.1. The largest absolute Gasteiger partial charge is 0.496 e. The molecule has 0 saturated heterocycles. The Balaban J connectivity index is 1.87. The second kappa shape index (κ2) is 7.46. The molecule has 5 heteroatoms. The van der Waals surface area contributed by atoms with Crippen LogP contribution in [0.5, 0.6) is 5.75 Å². The molecule has 1 saturated carbocycles. The minimum Gasteiger partial charge on any atom is -0.496 e. The lowest BCUT2D eigenvalue weighted by Crippen LogP contribution is -2.31. The highest BCUT2D eigenvalue weighted by Crippen LogP contribution is 2.28. The molecule has 1 aliphatic rings. The summed E-state index contributed by atoms with van der Waals surface area (Å²) >= 11 is 7.05. The number of carbonyl (C=O) groups excluding carboxylic acids is 1. The van der Waals surface area contributed by atoms with E-state index in [9.17, 15) is 4.79 Å². The molecule has 1 fully saturated rings. The standard InChI is InChI=1S/C15H19Br2NO2/c1-20-14-7-4-11(8-13(14)17)15(19)18-9-10-2-5-12(16)6-3-10/h4,7-8,10,12H,2-3,5-6,9H2,1H3,(H,18,19). The average Bonchev–Trinajstić information content (AvgIpc) is 2.46. The third-order valence-electron chi connectivity index (χ3n) is 3.74. The minimum absolute atomic E-state index is 0.0191. The van der Waals surface area contributed by atoms with Gasteiger partial charge in [0.2, 0.25) is 0 Å². The highest BCUT2D eigenvalue weighted by atomic mass is 79.9. The molecule has 0 heterocycles. The Morgan fingerprint density at radius 1 is 1.35 bits per heavy atom. The number of hydrogen-bond acceptors (Lipinski definition) is 2. The van der Waals surface area contributed by atoms with Crippen molar-refractivity contribution < 1.29 is 9.53 Å². The van der Waals surface area contributed by atoms with Crippen molar-refractivity contribution in [3.05, 3.63) is 28.2 Å². The van der Waals surface area contributed by atoms with Gasteiger partial charge in [-0.25, -0.2) is 0 Å². The summed E-state index contributed by atoms with van der Waals surface area (Å²) in [6.07, 6.45) is 4.77. The van der Waals surface area contributed by atoms with Crippen molar-refractivity contribution >= 4 is 37.8 Å². The summed E-state index contributed by atoms with van der Waals surface area (Å²) in [5, 5.41) is 3.03. The van der Waals surface area contributed by atoms with Gasteiger partial charge in [-0.2, -0.15) is 0 Å². The molecule has 1 aromatic carbocycles. The van der Waals surface area contributed by atoms with Crippen LogP contribution in [0.4, 0.5) is 0 Å². The van der Waals surface area contributed by atoms with Crippen LogP contribution >= 0.6 is 31.9 Å². The Labute approximate surface area is 136 Å². The number of nitrogens with one attached hydrogen (secondary N) is 1. The lowest BCUT2D eigenvalue weighted by atomic mass is 9.89. The highest BCUT2D eigenvalue weighted by Gasteiger charge is 2.19. The number of halogens is 2. The highest BCUT2D eigenvalue weighted by molar-refractivity contribution is 9.10. The van der Waals surface area contributed by atoms with Crippen molar-refractivity contribution in [2.75, 3.05) is 13.7 Å². The molecule has 20 heavy (non-hydrogen) atoms. The molecule has 1 aromatic rings. The number of amides is 1. The van der Waals surface area contributed by atoms with Crippen LogP contribution < -0.4 is 10.1 Å². The van der Waals surface area contributed by atoms with Crippen molar-refractivity contribution in [2.24, 2.45) is 5.92 Å². The van der Waals surface area contributed by atoms with Crippen LogP contribution in [-0.2, 0) is 0 Å². The molecule has 0 atom stereocenters. The van der Waals surface area contributed by atoms with Crippen molar-refractivity contribution in [2.45, 2.75) is 30.5 Å². The first-order chi connectivity index (χ1) is 9.60. The van der Waals surface area contributed by atoms with Gasteiger partial charge in [-0.05, 0) is 65.7 Å². The van der Waals surface area contributed by atoms with Crippen LogP contribution in [0, 0.1) is 5.92 Å². The number of alkyl halides is 1. The smallest absolute Gasteiger partial charge is 0.251 e. The first-order valence-electron chi connectivity index (χ1n) is 6.86. The van der Waals surface area contributed by atoms with E-state index in [-0.39, 0.29) is 5.91 Å². The molecule has 1 aliphatic carbocycles. The SMILES string of the molecule is COc1ccc(C(=O)NCC2CCC(Br)CC2)cc1Br. The Bertz CT molecular complexity index is 471. The normalized spacial score (nSPS) is 22.4. The lowest BCUT2D eigenvalue weighted by Gasteiger charge is -2.25. The molecule has 0 spiro atoms. The molecule has 3 nitrogen and oxygen atoms in total. The van der Waals surface area contributed by atoms with Crippen LogP contribution in [0.2, 0.25) is 0 Å². The zero-order chi connectivity index (χ0) is 14.5. The van der Waals surface area contributed by atoms with Crippen molar-refractivity contribution in [1.82, 2.24) is 5.32 Å². The second-order valence-electron chi connectivity index (χ2n) is 5.18. The van der Waals surface area contributed by atoms with Crippen LogP contribution in [0.25, 0.3) is 0 Å². The summed E-state index contributed by atoms with van der Waals surface area (Å²) in [5.41, 5.74) is 0.659. The quantitative estimate of drug-likeness (QED) is 0.765. The summed E-state index contributed by atoms with van der Waals surface area (Å²) in [6, 6.07) is 5.38. The molecule has 2 rings (SSSR count). The fourth-order valence-corrected chi connectivity index (χ4v) is 3.54. The van der Waals surface area contributed by atoms with Gasteiger partial charge in [0.15, 0.2) is 0 Å². The zero-order valence-corrected chi connectivity index (χ0v) is 14.7. The van der Waals surface area contributed by atoms with Gasteiger partial charge >= 0.3 is 0 Å². The molecular formula is C15H19Br2NO2. The second-order valence-corrected chi connectivity index (χ2v) is 7.33. The summed E-state index contributed by atoms with van der Waals surface area (Å²) in [4.78, 5) is 12.8. The molecule has 0 aromatic heterocycles. The predicted octanol–water partition coefficient (Wildman–Crippen LogP) is 4.14. The lowest BCUT2D eigenvalue weighted by molar-refractivity contribution is 0.0944. The Hall–Kier alpha value is -0.550. The summed E-state index contributed by atoms with van der Waals surface area (Å²) in [5.74, 6) is 1.32. The number of ether oxygens (including phenoxy) is 1. The topological polar surface area (TPSA) is 38.3 Å². The van der Waals surface area contributed by atoms with Gasteiger partial charge in [0, 0.05) is 16.9 Å². The molecule has 0 aliphatic heterocycles. The van der Waals surface area contributed by atoms with Gasteiger partial charge in [0.05, 0.1) is 11.6 Å². The Kier molecular flexibility index (Phi) is 5.90. The van der Waals surface area contributed by atoms with Crippen molar-refractivity contribution in [3.8, 4) is 5.75 Å². The number of carbonyl (C=O) groups is 1. The van der Waals surface area contributed by atoms with Gasteiger partial charge in [-0.15, -0.1) is 0 Å². The van der Waals surface area contributed by atoms with E-state index in [1.54, 1.807) is 25.3 Å². The van der Waals surface area contributed by atoms with Crippen LogP contribution in [0.3, 0.4) is 0 Å². The van der Waals surface area contributed by atoms with E-state index in [1.165, 1.54) is 25.7 Å². The van der Waals surface area contributed by atoms with E-state index in [1.807, 2.05) is 0 Å². The fourth-order valence-electron chi connectivity index (χ4n) is 2.47. The number of methoxy groups -OCH3 is 1. The summed E-state index contributed by atoms with van der Waals surface area (Å²) in [7, 11) is 1.61. The minimum atomic E-state index is -0.0191. The van der Waals surface area contributed by atoms with Gasteiger partial charge < -0.3 is 10.1 Å². The first-order valence-corrected chi connectivity index (χ1v) is 8.57. The van der Waals surface area contributed by atoms with Crippen LogP contribution in [-0.4, -0.2) is 24.4 Å². The number of rotatable bonds is 4. The summed E-state index contributed by atoms with van der Waals surface area (Å²) < 4.78 is 5.96. The molecule has 110 valence electrons. The van der Waals surface area contributed by atoms with Crippen LogP contribution in [0.1, 0.15) is 36.0 Å². The fraction of sp³-hybridized carbons (Fsp3) is 0.533. The van der Waals surface area contributed by atoms with Gasteiger partial charge in [-0.3, -0.25) is 4.79 Å². The maximum absolute atomic E-state index is 12.1. The van der Waals surface area contributed by atoms with Gasteiger partial charge in [-0.1, -0.05) is 15.9 Å². The van der Waals surface area contributed by atoms with E-state index >= 15 is 0 Å². The molecule has 0 radical (unpaired) electrons. The van der Waals surface area contributed by atoms with Crippen molar-refractivity contribution in [1.29, 1.82) is 0 Å². The van der Waals surface area contributed by atoms with Crippen molar-refractivity contribution in [3.63, 3.8) is 0 Å². The molecule has 1 N–H and O–H groups in total. The number of hydrogen-bond donors (Lipinski definition) is 1. The molecule has 0 bridgehead atoms. The third kappa shape index (κ3) is 4.22. The monoisotopic (exact) mass is 403 g/mol. The third-order valence-corrected chi connectivity index (χ3v) is 5.28. The van der Waals surface area contributed by atoms with Gasteiger partial charge in [0.1, 0.15) is 5.75 Å². The van der Waals surface area contributed by atoms with E-state index < -0.39 is 0 Å². The first kappa shape index (κ1) is 15.8. The Morgan fingerprint density at radius 2 is 2.05 bits per heavy atom. The number of benzene rings is 1. The van der Waals surface area contributed by atoms with E-state index in [4.69, 9.17) is 4.74 Å². The van der Waals surface area contributed by atoms with E-state index in [0.717, 1.165) is 16.8 Å². The summed E-state index contributed by atoms with van der Waals surface area (Å²) in [6.45, 7) is 0.766. The van der Waals surface area contributed by atoms with E-state index in [0.29, 0.717) is 16.3 Å². The molecule has 1 amide bonds. The molecular weight excluding hydrogens is 386 g/mol.